The van der Waals surface area contributed by atoms with E-state index in [0.29, 0.717) is 0 Å². The molecule has 0 aromatic carbocycles. The van der Waals surface area contributed by atoms with Crippen molar-refractivity contribution in [2.45, 2.75) is 51.9 Å². The number of allylic oxidation sites excluding steroid dienone is 1. The van der Waals surface area contributed by atoms with Crippen LogP contribution in [0, 0.1) is 0 Å². The van der Waals surface area contributed by atoms with Gasteiger partial charge in [0.2, 0.25) is 0 Å². The van der Waals surface area contributed by atoms with Gasteiger partial charge in [0.25, 0.3) is 0 Å². The van der Waals surface area contributed by atoms with E-state index < -0.39 is 0 Å². The molecule has 0 amide bonds. The Bertz CT molecular complexity index is 253. The molecular formula is C15H31N2S+. The molecule has 0 saturated heterocycles. The molecule has 0 spiro atoms. The van der Waals surface area contributed by atoms with E-state index in [0.717, 1.165) is 0 Å². The van der Waals surface area contributed by atoms with Gasteiger partial charge in [-0.05, 0) is 30.0 Å². The first kappa shape index (κ1) is 17.6. The van der Waals surface area contributed by atoms with Crippen LogP contribution in [0.5, 0.6) is 0 Å². The Labute approximate surface area is 118 Å². The number of thioether (sulfide) groups is 1. The Kier molecular flexibility index (Phi) is 11.4. The predicted octanol–water partition coefficient (Wildman–Crippen LogP) is 4.17. The second-order valence-corrected chi connectivity index (χ2v) is 5.99. The SMILES string of the molecule is CCCCCCCC/C=C\SC(N(C)C)=[N+](C)C. The Hall–Kier alpha value is -0.440. The first-order valence-electron chi connectivity index (χ1n) is 7.12. The molecule has 0 saturated carbocycles. The van der Waals surface area contributed by atoms with Crippen LogP contribution in [0.15, 0.2) is 11.5 Å². The van der Waals surface area contributed by atoms with E-state index in [1.54, 1.807) is 11.8 Å². The van der Waals surface area contributed by atoms with Crippen molar-refractivity contribution in [3.05, 3.63) is 11.5 Å². The van der Waals surface area contributed by atoms with E-state index in [1.807, 2.05) is 0 Å². The van der Waals surface area contributed by atoms with Crippen LogP contribution in [0.1, 0.15) is 51.9 Å². The highest BCUT2D eigenvalue weighted by Gasteiger charge is 2.09. The number of amidine groups is 1. The maximum absolute atomic E-state index is 2.30. The van der Waals surface area contributed by atoms with Crippen LogP contribution in [0.4, 0.5) is 0 Å². The van der Waals surface area contributed by atoms with Crippen molar-refractivity contribution in [1.82, 2.24) is 4.90 Å². The van der Waals surface area contributed by atoms with E-state index in [4.69, 9.17) is 0 Å². The molecule has 0 aromatic rings. The fraction of sp³-hybridized carbons (Fsp3) is 0.800. The van der Waals surface area contributed by atoms with E-state index >= 15 is 0 Å². The van der Waals surface area contributed by atoms with Crippen molar-refractivity contribution in [1.29, 1.82) is 0 Å². The smallest absolute Gasteiger partial charge is 0.261 e. The van der Waals surface area contributed by atoms with Crippen LogP contribution >= 0.6 is 11.8 Å². The fourth-order valence-corrected chi connectivity index (χ4v) is 2.61. The van der Waals surface area contributed by atoms with Crippen LogP contribution < -0.4 is 0 Å². The van der Waals surface area contributed by atoms with Gasteiger partial charge in [0.15, 0.2) is 0 Å². The molecule has 0 fully saturated rings. The molecule has 0 aliphatic heterocycles. The van der Waals surface area contributed by atoms with Crippen molar-refractivity contribution in [2.24, 2.45) is 0 Å². The van der Waals surface area contributed by atoms with Crippen LogP contribution in [-0.2, 0) is 0 Å². The minimum absolute atomic E-state index is 1.22. The molecule has 0 radical (unpaired) electrons. The second-order valence-electron chi connectivity index (χ2n) is 5.12. The molecule has 0 atom stereocenters. The molecule has 0 aliphatic carbocycles. The molecule has 0 aliphatic rings. The van der Waals surface area contributed by atoms with Gasteiger partial charge in [0, 0.05) is 0 Å². The summed E-state index contributed by atoms with van der Waals surface area (Å²) in [6.07, 6.45) is 11.8. The summed E-state index contributed by atoms with van der Waals surface area (Å²) in [6, 6.07) is 0. The molecule has 2 nitrogen and oxygen atoms in total. The van der Waals surface area contributed by atoms with Crippen molar-refractivity contribution >= 4 is 16.9 Å². The number of hydrogen-bond acceptors (Lipinski definition) is 1. The molecule has 18 heavy (non-hydrogen) atoms. The van der Waals surface area contributed by atoms with E-state index in [1.165, 1.54) is 50.1 Å². The second kappa shape index (κ2) is 11.6. The van der Waals surface area contributed by atoms with Crippen LogP contribution in [0.25, 0.3) is 0 Å². The third kappa shape index (κ3) is 9.58. The zero-order valence-corrected chi connectivity index (χ0v) is 13.7. The fourth-order valence-electron chi connectivity index (χ4n) is 1.83. The number of hydrogen-bond donors (Lipinski definition) is 0. The van der Waals surface area contributed by atoms with Crippen molar-refractivity contribution in [3.8, 4) is 0 Å². The molecule has 0 heterocycles. The Morgan fingerprint density at radius 1 is 1.06 bits per heavy atom. The molecular weight excluding hydrogens is 240 g/mol. The molecule has 106 valence electrons. The molecule has 0 rings (SSSR count). The minimum atomic E-state index is 1.22. The maximum Gasteiger partial charge on any atom is 0.311 e. The van der Waals surface area contributed by atoms with Crippen LogP contribution in [-0.4, -0.2) is 42.8 Å². The first-order chi connectivity index (χ1) is 8.59. The first-order valence-corrected chi connectivity index (χ1v) is 8.00. The minimum Gasteiger partial charge on any atom is -0.261 e. The summed E-state index contributed by atoms with van der Waals surface area (Å²) in [7, 11) is 8.35. The average molecular weight is 271 g/mol. The Morgan fingerprint density at radius 3 is 2.22 bits per heavy atom. The summed E-state index contributed by atoms with van der Waals surface area (Å²) >= 11 is 1.80. The molecule has 0 bridgehead atoms. The largest absolute Gasteiger partial charge is 0.311 e. The zero-order chi connectivity index (χ0) is 13.8. The molecule has 0 N–H and O–H groups in total. The summed E-state index contributed by atoms with van der Waals surface area (Å²) in [5, 5.41) is 3.50. The standard InChI is InChI=1S/C15H31N2S/c1-6-7-8-9-10-11-12-13-14-18-15(16(2)3)17(4)5/h13-14H,6-12H2,1-5H3/q+1/b14-13-. The summed E-state index contributed by atoms with van der Waals surface area (Å²) in [4.78, 5) is 2.15. The zero-order valence-electron chi connectivity index (χ0n) is 12.9. The maximum atomic E-state index is 2.30. The summed E-state index contributed by atoms with van der Waals surface area (Å²) in [5.41, 5.74) is 0. The van der Waals surface area contributed by atoms with E-state index in [2.05, 4.69) is 56.1 Å². The highest BCUT2D eigenvalue weighted by atomic mass is 32.2. The molecule has 0 unspecified atom stereocenters. The highest BCUT2D eigenvalue weighted by Crippen LogP contribution is 2.11. The van der Waals surface area contributed by atoms with E-state index in [9.17, 15) is 0 Å². The topological polar surface area (TPSA) is 6.25 Å². The quantitative estimate of drug-likeness (QED) is 0.283. The van der Waals surface area contributed by atoms with Gasteiger partial charge in [-0.3, -0.25) is 9.48 Å². The summed E-state index contributed by atoms with van der Waals surface area (Å²) in [5.74, 6) is 0. The lowest BCUT2D eigenvalue weighted by molar-refractivity contribution is -0.466. The monoisotopic (exact) mass is 271 g/mol. The normalized spacial score (nSPS) is 10.9. The highest BCUT2D eigenvalue weighted by molar-refractivity contribution is 8.16. The lowest BCUT2D eigenvalue weighted by atomic mass is 10.1. The van der Waals surface area contributed by atoms with Gasteiger partial charge < -0.3 is 0 Å². The summed E-state index contributed by atoms with van der Waals surface area (Å²) < 4.78 is 2.15. The van der Waals surface area contributed by atoms with Gasteiger partial charge in [-0.25, -0.2) is 0 Å². The van der Waals surface area contributed by atoms with Gasteiger partial charge >= 0.3 is 5.17 Å². The summed E-state index contributed by atoms with van der Waals surface area (Å²) in [6.45, 7) is 2.27. The molecule has 0 aromatic heterocycles. The van der Waals surface area contributed by atoms with E-state index in [-0.39, 0.29) is 0 Å². The predicted molar refractivity (Wildman–Crippen MR) is 85.5 cm³/mol. The lowest BCUT2D eigenvalue weighted by Crippen LogP contribution is -2.26. The number of unbranched alkanes of at least 4 members (excludes halogenated alkanes) is 6. The van der Waals surface area contributed by atoms with Gasteiger partial charge in [-0.1, -0.05) is 45.1 Å². The third-order valence-electron chi connectivity index (χ3n) is 2.76. The van der Waals surface area contributed by atoms with Crippen LogP contribution in [0.2, 0.25) is 0 Å². The van der Waals surface area contributed by atoms with Gasteiger partial charge in [0.1, 0.15) is 0 Å². The number of rotatable bonds is 8. The van der Waals surface area contributed by atoms with Crippen molar-refractivity contribution in [3.63, 3.8) is 0 Å². The van der Waals surface area contributed by atoms with Gasteiger partial charge in [0.05, 0.1) is 28.2 Å². The average Bonchev–Trinajstić information content (AvgIpc) is 2.30. The van der Waals surface area contributed by atoms with Crippen LogP contribution in [0.3, 0.4) is 0 Å². The Balaban J connectivity index is 3.62. The van der Waals surface area contributed by atoms with Crippen molar-refractivity contribution in [2.75, 3.05) is 28.2 Å². The number of nitrogens with zero attached hydrogens (tertiary/aromatic N) is 2. The third-order valence-corrected chi connectivity index (χ3v) is 4.03. The van der Waals surface area contributed by atoms with Crippen molar-refractivity contribution < 1.29 is 4.58 Å². The lowest BCUT2D eigenvalue weighted by Gasteiger charge is -2.07. The molecule has 3 heteroatoms. The van der Waals surface area contributed by atoms with Gasteiger partial charge in [-0.2, -0.15) is 0 Å². The van der Waals surface area contributed by atoms with Gasteiger partial charge in [-0.15, -0.1) is 0 Å². The Morgan fingerprint density at radius 2 is 1.67 bits per heavy atom.